The molecule has 7 nitrogen and oxygen atoms in total. The first-order valence-electron chi connectivity index (χ1n) is 8.01. The SMILES string of the molecule is Cc1nn(C2CCS(=O)(=O)C2)c(C)c1N1CCN(CC#N)CC1. The highest BCUT2D eigenvalue weighted by Gasteiger charge is 2.32. The lowest BCUT2D eigenvalue weighted by molar-refractivity contribution is 0.287. The summed E-state index contributed by atoms with van der Waals surface area (Å²) in [6.07, 6.45) is 0.652. The first-order chi connectivity index (χ1) is 10.9. The van der Waals surface area contributed by atoms with Crippen molar-refractivity contribution in [2.75, 3.05) is 49.1 Å². The monoisotopic (exact) mass is 337 g/mol. The van der Waals surface area contributed by atoms with Gasteiger partial charge < -0.3 is 4.90 Å². The molecule has 2 saturated heterocycles. The first kappa shape index (κ1) is 16.3. The summed E-state index contributed by atoms with van der Waals surface area (Å²) in [5.41, 5.74) is 3.14. The van der Waals surface area contributed by atoms with Crippen molar-refractivity contribution in [3.05, 3.63) is 11.4 Å². The van der Waals surface area contributed by atoms with Crippen LogP contribution in [-0.2, 0) is 9.84 Å². The van der Waals surface area contributed by atoms with Crippen molar-refractivity contribution >= 4 is 15.5 Å². The van der Waals surface area contributed by atoms with E-state index in [2.05, 4.69) is 21.0 Å². The van der Waals surface area contributed by atoms with E-state index in [1.807, 2.05) is 18.5 Å². The van der Waals surface area contributed by atoms with Gasteiger partial charge in [-0.3, -0.25) is 9.58 Å². The third kappa shape index (κ3) is 3.21. The van der Waals surface area contributed by atoms with E-state index in [0.717, 1.165) is 43.3 Å². The zero-order valence-corrected chi connectivity index (χ0v) is 14.5. The number of aryl methyl sites for hydroxylation is 1. The Morgan fingerprint density at radius 1 is 1.26 bits per heavy atom. The van der Waals surface area contributed by atoms with Gasteiger partial charge in [-0.15, -0.1) is 0 Å². The molecule has 23 heavy (non-hydrogen) atoms. The van der Waals surface area contributed by atoms with E-state index in [0.29, 0.717) is 13.0 Å². The normalized spacial score (nSPS) is 24.7. The lowest BCUT2D eigenvalue weighted by Crippen LogP contribution is -2.46. The average molecular weight is 337 g/mol. The predicted octanol–water partition coefficient (Wildman–Crippen LogP) is 0.505. The largest absolute Gasteiger partial charge is 0.366 e. The Labute approximate surface area is 137 Å². The van der Waals surface area contributed by atoms with Gasteiger partial charge in [-0.2, -0.15) is 10.4 Å². The number of piperazine rings is 1. The van der Waals surface area contributed by atoms with E-state index in [4.69, 9.17) is 5.26 Å². The van der Waals surface area contributed by atoms with Crippen molar-refractivity contribution in [2.45, 2.75) is 26.3 Å². The van der Waals surface area contributed by atoms with E-state index in [1.165, 1.54) is 0 Å². The number of hydrogen-bond acceptors (Lipinski definition) is 6. The molecular weight excluding hydrogens is 314 g/mol. The molecule has 0 aliphatic carbocycles. The molecule has 1 aromatic rings. The second kappa shape index (κ2) is 6.13. The van der Waals surface area contributed by atoms with E-state index >= 15 is 0 Å². The Kier molecular flexibility index (Phi) is 4.34. The van der Waals surface area contributed by atoms with Crippen LogP contribution in [0.3, 0.4) is 0 Å². The third-order valence-corrected chi connectivity index (χ3v) is 6.57. The molecule has 0 N–H and O–H groups in total. The number of nitrogens with zero attached hydrogens (tertiary/aromatic N) is 5. The minimum atomic E-state index is -2.91. The fourth-order valence-electron chi connectivity index (χ4n) is 3.67. The Balaban J connectivity index is 1.78. The molecule has 2 fully saturated rings. The summed E-state index contributed by atoms with van der Waals surface area (Å²) in [5.74, 6) is 0.461. The lowest BCUT2D eigenvalue weighted by atomic mass is 10.2. The average Bonchev–Trinajstić information content (AvgIpc) is 3.00. The van der Waals surface area contributed by atoms with Crippen molar-refractivity contribution in [1.82, 2.24) is 14.7 Å². The number of aromatic nitrogens is 2. The maximum atomic E-state index is 11.7. The van der Waals surface area contributed by atoms with Crippen molar-refractivity contribution in [2.24, 2.45) is 0 Å². The number of sulfone groups is 1. The summed E-state index contributed by atoms with van der Waals surface area (Å²) >= 11 is 0. The topological polar surface area (TPSA) is 82.2 Å². The van der Waals surface area contributed by atoms with Crippen LogP contribution in [0, 0.1) is 25.2 Å². The first-order valence-corrected chi connectivity index (χ1v) is 9.84. The van der Waals surface area contributed by atoms with Gasteiger partial charge in [0.25, 0.3) is 0 Å². The van der Waals surface area contributed by atoms with Gasteiger partial charge in [-0.25, -0.2) is 8.42 Å². The van der Waals surface area contributed by atoms with E-state index < -0.39 is 9.84 Å². The maximum absolute atomic E-state index is 11.7. The number of nitriles is 1. The number of rotatable bonds is 3. The van der Waals surface area contributed by atoms with Crippen LogP contribution >= 0.6 is 0 Å². The second-order valence-corrected chi connectivity index (χ2v) is 8.67. The molecule has 0 bridgehead atoms. The summed E-state index contributed by atoms with van der Waals surface area (Å²) in [5, 5.41) is 13.4. The zero-order valence-electron chi connectivity index (χ0n) is 13.7. The Hall–Kier alpha value is -1.59. The van der Waals surface area contributed by atoms with E-state index in [-0.39, 0.29) is 17.5 Å². The molecule has 126 valence electrons. The molecule has 3 heterocycles. The van der Waals surface area contributed by atoms with E-state index in [9.17, 15) is 8.42 Å². The van der Waals surface area contributed by atoms with Crippen LogP contribution < -0.4 is 4.90 Å². The van der Waals surface area contributed by atoms with Gasteiger partial charge in [-0.05, 0) is 20.3 Å². The highest BCUT2D eigenvalue weighted by molar-refractivity contribution is 7.91. The van der Waals surface area contributed by atoms with Crippen molar-refractivity contribution < 1.29 is 8.42 Å². The van der Waals surface area contributed by atoms with Gasteiger partial charge in [0.15, 0.2) is 9.84 Å². The lowest BCUT2D eigenvalue weighted by Gasteiger charge is -2.35. The van der Waals surface area contributed by atoms with Crippen molar-refractivity contribution in [3.8, 4) is 6.07 Å². The van der Waals surface area contributed by atoms with Crippen LogP contribution in [0.15, 0.2) is 0 Å². The summed E-state index contributed by atoms with van der Waals surface area (Å²) in [4.78, 5) is 4.46. The third-order valence-electron chi connectivity index (χ3n) is 4.82. The van der Waals surface area contributed by atoms with Crippen LogP contribution in [-0.4, -0.2) is 67.3 Å². The molecule has 0 aromatic carbocycles. The van der Waals surface area contributed by atoms with E-state index in [1.54, 1.807) is 0 Å². The quantitative estimate of drug-likeness (QED) is 0.747. The van der Waals surface area contributed by atoms with Gasteiger partial charge in [0, 0.05) is 26.2 Å². The minimum absolute atomic E-state index is 0.0349. The maximum Gasteiger partial charge on any atom is 0.152 e. The van der Waals surface area contributed by atoms with Gasteiger partial charge >= 0.3 is 0 Å². The molecule has 0 radical (unpaired) electrons. The fourth-order valence-corrected chi connectivity index (χ4v) is 5.36. The number of hydrogen-bond donors (Lipinski definition) is 0. The molecule has 3 rings (SSSR count). The Morgan fingerprint density at radius 2 is 1.96 bits per heavy atom. The molecule has 2 aliphatic heterocycles. The molecule has 1 atom stereocenters. The molecule has 1 aromatic heterocycles. The molecule has 0 amide bonds. The zero-order chi connectivity index (χ0) is 16.6. The van der Waals surface area contributed by atoms with Gasteiger partial charge in [0.1, 0.15) is 0 Å². The molecule has 0 saturated carbocycles. The molecule has 2 aliphatic rings. The van der Waals surface area contributed by atoms with Crippen LogP contribution in [0.1, 0.15) is 23.9 Å². The smallest absolute Gasteiger partial charge is 0.152 e. The van der Waals surface area contributed by atoms with Crippen LogP contribution in [0.4, 0.5) is 5.69 Å². The standard InChI is InChI=1S/C15H23N5O2S/c1-12-15(19-8-6-18(5-4-16)7-9-19)13(2)20(17-12)14-3-10-23(21,22)11-14/h14H,3,5-11H2,1-2H3. The Morgan fingerprint density at radius 3 is 2.52 bits per heavy atom. The van der Waals surface area contributed by atoms with Crippen LogP contribution in [0.2, 0.25) is 0 Å². The Bertz CT molecular complexity index is 726. The molecular formula is C15H23N5O2S. The summed E-state index contributed by atoms with van der Waals surface area (Å²) in [6, 6.07) is 2.16. The van der Waals surface area contributed by atoms with Crippen molar-refractivity contribution in [3.63, 3.8) is 0 Å². The highest BCUT2D eigenvalue weighted by Crippen LogP contribution is 2.31. The van der Waals surface area contributed by atoms with Gasteiger partial charge in [0.05, 0.1) is 47.2 Å². The second-order valence-electron chi connectivity index (χ2n) is 6.44. The van der Waals surface area contributed by atoms with Crippen LogP contribution in [0.25, 0.3) is 0 Å². The van der Waals surface area contributed by atoms with Crippen molar-refractivity contribution in [1.29, 1.82) is 5.26 Å². The van der Waals surface area contributed by atoms with Gasteiger partial charge in [0.2, 0.25) is 0 Å². The molecule has 8 heteroatoms. The summed E-state index contributed by atoms with van der Waals surface area (Å²) < 4.78 is 25.4. The molecule has 1 unspecified atom stereocenters. The summed E-state index contributed by atoms with van der Waals surface area (Å²) in [7, 11) is -2.91. The number of anilines is 1. The summed E-state index contributed by atoms with van der Waals surface area (Å²) in [6.45, 7) is 7.98. The fraction of sp³-hybridized carbons (Fsp3) is 0.733. The van der Waals surface area contributed by atoms with Gasteiger partial charge in [-0.1, -0.05) is 0 Å². The minimum Gasteiger partial charge on any atom is -0.366 e. The highest BCUT2D eigenvalue weighted by atomic mass is 32.2. The van der Waals surface area contributed by atoms with Crippen LogP contribution in [0.5, 0.6) is 0 Å². The predicted molar refractivity (Wildman–Crippen MR) is 88.3 cm³/mol. The molecule has 0 spiro atoms.